The Labute approximate surface area is 245 Å². The second kappa shape index (κ2) is 17.8. The van der Waals surface area contributed by atoms with Gasteiger partial charge >= 0.3 is 0 Å². The maximum atomic E-state index is 13.3. The lowest BCUT2D eigenvalue weighted by Crippen LogP contribution is -2.52. The van der Waals surface area contributed by atoms with E-state index in [2.05, 4.69) is 17.4 Å². The summed E-state index contributed by atoms with van der Waals surface area (Å²) in [6.07, 6.45) is 14.3. The molecule has 3 rings (SSSR count). The van der Waals surface area contributed by atoms with Crippen molar-refractivity contribution in [1.29, 1.82) is 0 Å². The van der Waals surface area contributed by atoms with Crippen molar-refractivity contribution in [2.75, 3.05) is 20.8 Å². The number of benzene rings is 1. The van der Waals surface area contributed by atoms with Crippen LogP contribution in [0.25, 0.3) is 10.9 Å². The topological polar surface area (TPSA) is 104 Å². The van der Waals surface area contributed by atoms with E-state index in [0.29, 0.717) is 38.8 Å². The summed E-state index contributed by atoms with van der Waals surface area (Å²) >= 11 is 0. The van der Waals surface area contributed by atoms with Crippen LogP contribution in [-0.2, 0) is 37.0 Å². The highest BCUT2D eigenvalue weighted by Gasteiger charge is 2.37. The highest BCUT2D eigenvalue weighted by molar-refractivity contribution is 5.91. The van der Waals surface area contributed by atoms with Gasteiger partial charge in [-0.2, -0.15) is 0 Å². The van der Waals surface area contributed by atoms with Crippen LogP contribution >= 0.6 is 0 Å². The van der Waals surface area contributed by atoms with E-state index in [-0.39, 0.29) is 17.7 Å². The monoisotopic (exact) mass is 570 g/mol. The van der Waals surface area contributed by atoms with Crippen LogP contribution in [0, 0.1) is 0 Å². The Bertz CT molecular complexity index is 1100. The molecule has 1 atom stereocenters. The fourth-order valence-corrected chi connectivity index (χ4v) is 5.54. The average Bonchev–Trinajstić information content (AvgIpc) is 3.35. The smallest absolute Gasteiger partial charge is 0.268 e. The molecule has 1 aromatic heterocycles. The molecule has 0 saturated heterocycles. The first-order chi connectivity index (χ1) is 20.0. The SMILES string of the molecule is CCCCCCCCCCONC(=O)CCCCCCC(=O)N1Cc2[nH]c3ccccc3c2CC1C(=O)N(C)OC. The van der Waals surface area contributed by atoms with Gasteiger partial charge in [-0.25, -0.2) is 10.5 Å². The molecule has 1 aromatic carbocycles. The molecular formula is C32H50N4O5. The van der Waals surface area contributed by atoms with Crippen LogP contribution in [0.15, 0.2) is 24.3 Å². The number of nitrogens with zero attached hydrogens (tertiary/aromatic N) is 2. The molecular weight excluding hydrogens is 520 g/mol. The predicted octanol–water partition coefficient (Wildman–Crippen LogP) is 5.97. The highest BCUT2D eigenvalue weighted by Crippen LogP contribution is 2.31. The zero-order valence-electron chi connectivity index (χ0n) is 25.3. The molecule has 9 nitrogen and oxygen atoms in total. The van der Waals surface area contributed by atoms with Crippen molar-refractivity contribution in [3.63, 3.8) is 0 Å². The zero-order chi connectivity index (χ0) is 29.5. The van der Waals surface area contributed by atoms with Gasteiger partial charge in [0, 0.05) is 42.9 Å². The second-order valence-electron chi connectivity index (χ2n) is 11.2. The van der Waals surface area contributed by atoms with E-state index in [9.17, 15) is 14.4 Å². The minimum atomic E-state index is -0.603. The normalized spacial score (nSPS) is 14.7. The summed E-state index contributed by atoms with van der Waals surface area (Å²) in [5.41, 5.74) is 5.64. The van der Waals surface area contributed by atoms with Gasteiger partial charge in [-0.05, 0) is 30.9 Å². The zero-order valence-corrected chi connectivity index (χ0v) is 25.3. The Morgan fingerprint density at radius 1 is 0.951 bits per heavy atom. The molecule has 1 aliphatic rings. The van der Waals surface area contributed by atoms with Gasteiger partial charge in [0.25, 0.3) is 5.91 Å². The summed E-state index contributed by atoms with van der Waals surface area (Å²) in [5.74, 6) is -0.358. The number of unbranched alkanes of at least 4 members (excludes halogenated alkanes) is 10. The van der Waals surface area contributed by atoms with Crippen molar-refractivity contribution < 1.29 is 24.1 Å². The second-order valence-corrected chi connectivity index (χ2v) is 11.2. The Morgan fingerprint density at radius 2 is 1.61 bits per heavy atom. The van der Waals surface area contributed by atoms with Crippen molar-refractivity contribution in [3.8, 4) is 0 Å². The number of nitrogens with one attached hydrogen (secondary N) is 2. The minimum absolute atomic E-state index is 0.0377. The molecule has 2 N–H and O–H groups in total. The molecule has 41 heavy (non-hydrogen) atoms. The number of hydroxylamine groups is 3. The first kappa shape index (κ1) is 32.6. The molecule has 1 aliphatic heterocycles. The standard InChI is InChI=1S/C32H50N4O5/c1-4-5-6-7-8-9-12-17-22-41-34-30(37)20-13-10-11-14-21-31(38)36-24-28-26(23-29(36)32(39)35(2)40-3)25-18-15-16-19-27(25)33-28/h15-16,18-19,29,33H,4-14,17,20-24H2,1-3H3,(H,34,37). The molecule has 2 aromatic rings. The number of fused-ring (bicyclic) bond motifs is 3. The van der Waals surface area contributed by atoms with Crippen LogP contribution in [-0.4, -0.2) is 59.5 Å². The molecule has 0 fully saturated rings. The molecule has 0 spiro atoms. The maximum Gasteiger partial charge on any atom is 0.268 e. The van der Waals surface area contributed by atoms with Gasteiger partial charge in [0.1, 0.15) is 6.04 Å². The van der Waals surface area contributed by atoms with E-state index in [1.54, 1.807) is 11.9 Å². The highest BCUT2D eigenvalue weighted by atomic mass is 16.7. The number of H-pyrrole nitrogens is 1. The lowest BCUT2D eigenvalue weighted by molar-refractivity contribution is -0.177. The van der Waals surface area contributed by atoms with Crippen LogP contribution in [0.4, 0.5) is 0 Å². The number of likely N-dealkylation sites (N-methyl/N-ethyl adjacent to an activating group) is 1. The van der Waals surface area contributed by atoms with Gasteiger partial charge in [-0.15, -0.1) is 0 Å². The number of amides is 3. The third kappa shape index (κ3) is 10.1. The van der Waals surface area contributed by atoms with Gasteiger partial charge in [0.2, 0.25) is 11.8 Å². The van der Waals surface area contributed by atoms with Crippen molar-refractivity contribution >= 4 is 28.6 Å². The number of carbonyl (C=O) groups is 3. The minimum Gasteiger partial charge on any atom is -0.357 e. The molecule has 0 aliphatic carbocycles. The van der Waals surface area contributed by atoms with E-state index >= 15 is 0 Å². The van der Waals surface area contributed by atoms with Crippen LogP contribution in [0.5, 0.6) is 0 Å². The number of hydrogen-bond acceptors (Lipinski definition) is 5. The van der Waals surface area contributed by atoms with Gasteiger partial charge in [-0.1, -0.05) is 82.9 Å². The molecule has 2 heterocycles. The van der Waals surface area contributed by atoms with Crippen molar-refractivity contribution in [2.45, 2.75) is 116 Å². The van der Waals surface area contributed by atoms with Gasteiger partial charge in [0.05, 0.1) is 20.3 Å². The summed E-state index contributed by atoms with van der Waals surface area (Å²) in [4.78, 5) is 54.0. The fourth-order valence-electron chi connectivity index (χ4n) is 5.54. The van der Waals surface area contributed by atoms with Crippen LogP contribution in [0.1, 0.15) is 108 Å². The molecule has 0 radical (unpaired) electrons. The quantitative estimate of drug-likeness (QED) is 0.160. The van der Waals surface area contributed by atoms with Gasteiger partial charge in [0.15, 0.2) is 0 Å². The van der Waals surface area contributed by atoms with Gasteiger partial charge in [-0.3, -0.25) is 24.1 Å². The van der Waals surface area contributed by atoms with E-state index in [0.717, 1.165) is 54.3 Å². The molecule has 0 saturated carbocycles. The molecule has 1 unspecified atom stereocenters. The van der Waals surface area contributed by atoms with E-state index in [1.807, 2.05) is 24.3 Å². The average molecular weight is 571 g/mol. The Kier molecular flexibility index (Phi) is 14.2. The third-order valence-corrected chi connectivity index (χ3v) is 8.02. The maximum absolute atomic E-state index is 13.3. The van der Waals surface area contributed by atoms with E-state index in [4.69, 9.17) is 9.68 Å². The summed E-state index contributed by atoms with van der Waals surface area (Å²) in [6.45, 7) is 3.16. The Balaban J connectivity index is 1.33. The number of carbonyl (C=O) groups excluding carboxylic acids is 3. The van der Waals surface area contributed by atoms with Gasteiger partial charge < -0.3 is 9.88 Å². The summed E-state index contributed by atoms with van der Waals surface area (Å²) in [6, 6.07) is 7.42. The lowest BCUT2D eigenvalue weighted by atomic mass is 9.95. The Morgan fingerprint density at radius 3 is 2.34 bits per heavy atom. The molecule has 9 heteroatoms. The van der Waals surface area contributed by atoms with E-state index < -0.39 is 6.04 Å². The Hall–Kier alpha value is -2.91. The van der Waals surface area contributed by atoms with Crippen LogP contribution in [0.3, 0.4) is 0 Å². The van der Waals surface area contributed by atoms with E-state index in [1.165, 1.54) is 50.7 Å². The summed E-state index contributed by atoms with van der Waals surface area (Å²) < 4.78 is 0. The van der Waals surface area contributed by atoms with Crippen molar-refractivity contribution in [2.24, 2.45) is 0 Å². The number of hydrogen-bond donors (Lipinski definition) is 2. The van der Waals surface area contributed by atoms with Crippen LogP contribution < -0.4 is 5.48 Å². The van der Waals surface area contributed by atoms with Crippen molar-refractivity contribution in [1.82, 2.24) is 20.4 Å². The summed E-state index contributed by atoms with van der Waals surface area (Å²) in [5, 5.41) is 2.30. The van der Waals surface area contributed by atoms with Crippen LogP contribution in [0.2, 0.25) is 0 Å². The predicted molar refractivity (Wildman–Crippen MR) is 161 cm³/mol. The number of para-hydroxylation sites is 1. The van der Waals surface area contributed by atoms with Crippen molar-refractivity contribution in [3.05, 3.63) is 35.5 Å². The lowest BCUT2D eigenvalue weighted by Gasteiger charge is -2.36. The molecule has 0 bridgehead atoms. The largest absolute Gasteiger partial charge is 0.357 e. The number of aromatic amines is 1. The number of rotatable bonds is 19. The third-order valence-electron chi connectivity index (χ3n) is 8.02. The fraction of sp³-hybridized carbons (Fsp3) is 0.656. The number of aromatic nitrogens is 1. The molecule has 3 amide bonds. The molecule has 228 valence electrons. The first-order valence-electron chi connectivity index (χ1n) is 15.6. The first-order valence-corrected chi connectivity index (χ1v) is 15.6. The summed E-state index contributed by atoms with van der Waals surface area (Å²) in [7, 11) is 3.03.